The molecule has 2 aromatic heterocycles. The summed E-state index contributed by atoms with van der Waals surface area (Å²) in [5, 5.41) is 3.22. The van der Waals surface area contributed by atoms with Gasteiger partial charge >= 0.3 is 7.60 Å². The number of thiophene rings is 1. The van der Waals surface area contributed by atoms with Gasteiger partial charge in [0.05, 0.1) is 12.5 Å². The first-order valence-electron chi connectivity index (χ1n) is 7.16. The van der Waals surface area contributed by atoms with Crippen LogP contribution >= 0.6 is 18.9 Å². The molecule has 132 valence electrons. The number of anilines is 1. The van der Waals surface area contributed by atoms with Gasteiger partial charge in [0.25, 0.3) is 0 Å². The molecule has 0 aliphatic rings. The van der Waals surface area contributed by atoms with Gasteiger partial charge in [-0.3, -0.25) is 4.57 Å². The van der Waals surface area contributed by atoms with Crippen LogP contribution in [0.15, 0.2) is 24.5 Å². The van der Waals surface area contributed by atoms with Gasteiger partial charge in [-0.05, 0) is 30.7 Å². The smallest absolute Gasteiger partial charge is 0.344 e. The molecule has 0 bridgehead atoms. The number of hydrogen-bond donors (Lipinski definition) is 3. The molecule has 0 atom stereocenters. The van der Waals surface area contributed by atoms with Crippen LogP contribution in [0.4, 0.5) is 10.2 Å². The van der Waals surface area contributed by atoms with Gasteiger partial charge in [-0.2, -0.15) is 0 Å². The lowest BCUT2D eigenvalue weighted by molar-refractivity contribution is 0.375. The van der Waals surface area contributed by atoms with E-state index in [1.165, 1.54) is 30.8 Å². The summed E-state index contributed by atoms with van der Waals surface area (Å²) in [6.45, 7) is 1.65. The Balaban J connectivity index is 2.08. The van der Waals surface area contributed by atoms with Crippen LogP contribution in [0.5, 0.6) is 5.75 Å². The number of methoxy groups -OCH3 is 1. The Morgan fingerprint density at radius 1 is 1.32 bits per heavy atom. The summed E-state index contributed by atoms with van der Waals surface area (Å²) in [7, 11) is -2.71. The topological polar surface area (TPSA) is 105 Å². The molecule has 25 heavy (non-hydrogen) atoms. The van der Waals surface area contributed by atoms with E-state index in [1.807, 2.05) is 0 Å². The molecule has 3 N–H and O–H groups in total. The maximum absolute atomic E-state index is 14.0. The molecule has 7 nitrogen and oxygen atoms in total. The zero-order valence-corrected chi connectivity index (χ0v) is 15.1. The zero-order chi connectivity index (χ0) is 18.2. The Hall–Kier alpha value is -2.06. The van der Waals surface area contributed by atoms with Crippen molar-refractivity contribution in [3.05, 3.63) is 35.9 Å². The van der Waals surface area contributed by atoms with Crippen molar-refractivity contribution in [2.75, 3.05) is 18.7 Å². The molecule has 0 unspecified atom stereocenters. The van der Waals surface area contributed by atoms with Crippen molar-refractivity contribution in [3.63, 3.8) is 0 Å². The minimum Gasteiger partial charge on any atom is -0.496 e. The number of aromatic nitrogens is 2. The third-order valence-corrected chi connectivity index (χ3v) is 5.17. The third-order valence-electron chi connectivity index (χ3n) is 3.53. The van der Waals surface area contributed by atoms with Crippen molar-refractivity contribution in [1.82, 2.24) is 9.97 Å². The Kier molecular flexibility index (Phi) is 4.75. The molecular formula is C15H15FN3O4PS. The Morgan fingerprint density at radius 2 is 2.08 bits per heavy atom. The maximum Gasteiger partial charge on any atom is 0.344 e. The second-order valence-electron chi connectivity index (χ2n) is 5.35. The van der Waals surface area contributed by atoms with Crippen molar-refractivity contribution in [2.45, 2.75) is 6.92 Å². The van der Waals surface area contributed by atoms with E-state index in [9.17, 15) is 8.96 Å². The van der Waals surface area contributed by atoms with E-state index in [0.29, 0.717) is 37.8 Å². The maximum atomic E-state index is 14.0. The molecule has 3 aromatic rings. The molecule has 0 fully saturated rings. The lowest BCUT2D eigenvalue weighted by Gasteiger charge is -2.08. The van der Waals surface area contributed by atoms with E-state index < -0.39 is 13.9 Å². The fraction of sp³-hybridized carbons (Fsp3) is 0.200. The Bertz CT molecular complexity index is 988. The second kappa shape index (κ2) is 6.68. The van der Waals surface area contributed by atoms with Crippen molar-refractivity contribution in [3.8, 4) is 16.2 Å². The molecule has 0 saturated heterocycles. The highest BCUT2D eigenvalue weighted by molar-refractivity contribution is 7.51. The van der Waals surface area contributed by atoms with Crippen LogP contribution in [-0.4, -0.2) is 33.2 Å². The molecular weight excluding hydrogens is 368 g/mol. The Morgan fingerprint density at radius 3 is 2.76 bits per heavy atom. The quantitative estimate of drug-likeness (QED) is 0.580. The van der Waals surface area contributed by atoms with E-state index >= 15 is 0 Å². The van der Waals surface area contributed by atoms with Gasteiger partial charge < -0.3 is 19.8 Å². The van der Waals surface area contributed by atoms with Crippen LogP contribution in [0.3, 0.4) is 0 Å². The number of nitrogens with one attached hydrogen (secondary N) is 1. The number of benzene rings is 1. The monoisotopic (exact) mass is 383 g/mol. The largest absolute Gasteiger partial charge is 0.496 e. The van der Waals surface area contributed by atoms with Gasteiger partial charge in [0.1, 0.15) is 34.8 Å². The molecule has 0 aliphatic heterocycles. The van der Waals surface area contributed by atoms with Crippen LogP contribution in [0, 0.1) is 12.7 Å². The number of nitrogens with zero attached hydrogens (tertiary/aromatic N) is 2. The molecule has 3 rings (SSSR count). The summed E-state index contributed by atoms with van der Waals surface area (Å²) in [4.78, 5) is 27.5. The number of halogens is 1. The van der Waals surface area contributed by atoms with Crippen LogP contribution in [0.2, 0.25) is 0 Å². The lowest BCUT2D eigenvalue weighted by atomic mass is 10.1. The van der Waals surface area contributed by atoms with Gasteiger partial charge in [-0.25, -0.2) is 14.4 Å². The second-order valence-corrected chi connectivity index (χ2v) is 8.03. The SMILES string of the molecule is COc1cc(C)c(F)cc1-c1cc2c(NCP(=O)(O)O)ncnc2s1. The summed E-state index contributed by atoms with van der Waals surface area (Å²) in [5.74, 6) is 0.490. The molecule has 2 heterocycles. The molecule has 0 radical (unpaired) electrons. The van der Waals surface area contributed by atoms with E-state index in [2.05, 4.69) is 15.3 Å². The van der Waals surface area contributed by atoms with E-state index in [0.717, 1.165) is 0 Å². The predicted molar refractivity (Wildman–Crippen MR) is 94.6 cm³/mol. The molecule has 1 aromatic carbocycles. The fourth-order valence-electron chi connectivity index (χ4n) is 2.32. The summed E-state index contributed by atoms with van der Waals surface area (Å²) in [6, 6.07) is 4.76. The number of rotatable bonds is 5. The normalized spacial score (nSPS) is 11.7. The average molecular weight is 383 g/mol. The first-order chi connectivity index (χ1) is 11.8. The highest BCUT2D eigenvalue weighted by atomic mass is 32.1. The minimum atomic E-state index is -4.22. The van der Waals surface area contributed by atoms with E-state index in [1.54, 1.807) is 19.1 Å². The van der Waals surface area contributed by atoms with Gasteiger partial charge in [-0.15, -0.1) is 11.3 Å². The Labute approximate surface area is 146 Å². The van der Waals surface area contributed by atoms with Crippen LogP contribution < -0.4 is 10.1 Å². The minimum absolute atomic E-state index is 0.308. The van der Waals surface area contributed by atoms with Crippen molar-refractivity contribution in [1.29, 1.82) is 0 Å². The molecule has 10 heteroatoms. The van der Waals surface area contributed by atoms with Gasteiger partial charge in [0.15, 0.2) is 0 Å². The molecule has 0 amide bonds. The van der Waals surface area contributed by atoms with Crippen molar-refractivity contribution < 1.29 is 23.5 Å². The van der Waals surface area contributed by atoms with Crippen LogP contribution in [0.1, 0.15) is 5.56 Å². The van der Waals surface area contributed by atoms with Crippen molar-refractivity contribution in [2.24, 2.45) is 0 Å². The summed E-state index contributed by atoms with van der Waals surface area (Å²) in [5.41, 5.74) is 1.06. The average Bonchev–Trinajstić information content (AvgIpc) is 2.98. The zero-order valence-electron chi connectivity index (χ0n) is 13.4. The predicted octanol–water partition coefficient (Wildman–Crippen LogP) is 3.36. The fourth-order valence-corrected chi connectivity index (χ4v) is 3.70. The summed E-state index contributed by atoms with van der Waals surface area (Å²) >= 11 is 1.31. The van der Waals surface area contributed by atoms with E-state index in [-0.39, 0.29) is 5.82 Å². The number of aryl methyl sites for hydroxylation is 1. The van der Waals surface area contributed by atoms with Gasteiger partial charge in [0.2, 0.25) is 0 Å². The molecule has 0 spiro atoms. The van der Waals surface area contributed by atoms with Gasteiger partial charge in [0, 0.05) is 10.4 Å². The number of fused-ring (bicyclic) bond motifs is 1. The highest BCUT2D eigenvalue weighted by Crippen LogP contribution is 2.41. The standard InChI is InChI=1S/C15H15FN3O4PS/c1-8-3-12(23-2)9(4-11(8)16)13-5-10-14(19-7-24(20,21)22)17-6-18-15(10)25-13/h3-6H,7H2,1-2H3,(H,17,18,19)(H2,20,21,22). The first-order valence-corrected chi connectivity index (χ1v) is 9.77. The van der Waals surface area contributed by atoms with E-state index in [4.69, 9.17) is 14.5 Å². The third kappa shape index (κ3) is 3.80. The number of hydrogen-bond acceptors (Lipinski definition) is 6. The van der Waals surface area contributed by atoms with Crippen LogP contribution in [0.25, 0.3) is 20.7 Å². The van der Waals surface area contributed by atoms with Gasteiger partial charge in [-0.1, -0.05) is 0 Å². The number of ether oxygens (including phenoxy) is 1. The molecule has 0 saturated carbocycles. The van der Waals surface area contributed by atoms with Crippen molar-refractivity contribution >= 4 is 35.0 Å². The summed E-state index contributed by atoms with van der Waals surface area (Å²) < 4.78 is 30.4. The van der Waals surface area contributed by atoms with Crippen LogP contribution in [-0.2, 0) is 4.57 Å². The molecule has 0 aliphatic carbocycles. The lowest BCUT2D eigenvalue weighted by Crippen LogP contribution is -2.04. The first kappa shape index (κ1) is 17.8. The summed E-state index contributed by atoms with van der Waals surface area (Å²) in [6.07, 6.45) is 0.768. The highest BCUT2D eigenvalue weighted by Gasteiger charge is 2.17.